The second-order valence-corrected chi connectivity index (χ2v) is 5.12. The van der Waals surface area contributed by atoms with Gasteiger partial charge in [-0.25, -0.2) is 4.79 Å². The van der Waals surface area contributed by atoms with E-state index in [1.165, 1.54) is 13.0 Å². The molecule has 0 aromatic carbocycles. The minimum absolute atomic E-state index is 0. The molecular weight excluding hydrogens is 296 g/mol. The quantitative estimate of drug-likeness (QED) is 0.683. The molecule has 3 atom stereocenters. The Bertz CT molecular complexity index is 396. The molecular formula is C14H25ClN2O4. The monoisotopic (exact) mass is 320 g/mol. The van der Waals surface area contributed by atoms with Gasteiger partial charge in [0.2, 0.25) is 5.91 Å². The maximum Gasteiger partial charge on any atom is 0.331 e. The summed E-state index contributed by atoms with van der Waals surface area (Å²) in [6.07, 6.45) is 3.13. The van der Waals surface area contributed by atoms with E-state index in [0.717, 1.165) is 12.8 Å². The Morgan fingerprint density at radius 2 is 2.05 bits per heavy atom. The fourth-order valence-corrected chi connectivity index (χ4v) is 2.38. The van der Waals surface area contributed by atoms with E-state index in [0.29, 0.717) is 0 Å². The molecule has 0 aromatic heterocycles. The summed E-state index contributed by atoms with van der Waals surface area (Å²) in [5.74, 6) is -1.24. The topological polar surface area (TPSA) is 102 Å². The third-order valence-electron chi connectivity index (χ3n) is 3.57. The molecule has 0 saturated heterocycles. The Balaban J connectivity index is 0.00000400. The fourth-order valence-electron chi connectivity index (χ4n) is 2.38. The molecule has 6 nitrogen and oxygen atoms in total. The first-order valence-corrected chi connectivity index (χ1v) is 7.01. The molecule has 0 aliphatic heterocycles. The summed E-state index contributed by atoms with van der Waals surface area (Å²) in [6.45, 7) is 5.41. The molecule has 1 rings (SSSR count). The van der Waals surface area contributed by atoms with E-state index in [-0.39, 0.29) is 36.4 Å². The second-order valence-electron chi connectivity index (χ2n) is 5.12. The Labute approximate surface area is 131 Å². The third kappa shape index (κ3) is 5.65. The van der Waals surface area contributed by atoms with Gasteiger partial charge < -0.3 is 20.9 Å². The van der Waals surface area contributed by atoms with Gasteiger partial charge in [-0.05, 0) is 12.8 Å². The van der Waals surface area contributed by atoms with Crippen molar-refractivity contribution in [2.45, 2.75) is 64.3 Å². The summed E-state index contributed by atoms with van der Waals surface area (Å²) < 4.78 is 5.91. The number of carboxylic acids is 1. The van der Waals surface area contributed by atoms with Crippen LogP contribution in [0, 0.1) is 0 Å². The van der Waals surface area contributed by atoms with Crippen molar-refractivity contribution >= 4 is 24.3 Å². The van der Waals surface area contributed by atoms with E-state index in [4.69, 9.17) is 15.6 Å². The van der Waals surface area contributed by atoms with Crippen LogP contribution in [0.3, 0.4) is 0 Å². The van der Waals surface area contributed by atoms with E-state index < -0.39 is 24.2 Å². The van der Waals surface area contributed by atoms with Crippen LogP contribution in [0.15, 0.2) is 11.6 Å². The molecule has 0 radical (unpaired) electrons. The van der Waals surface area contributed by atoms with E-state index in [1.807, 2.05) is 13.8 Å². The lowest BCUT2D eigenvalue weighted by Gasteiger charge is -2.36. The van der Waals surface area contributed by atoms with Crippen LogP contribution in [-0.4, -0.2) is 41.3 Å². The van der Waals surface area contributed by atoms with Gasteiger partial charge in [-0.15, -0.1) is 12.4 Å². The lowest BCUT2D eigenvalue weighted by Crippen LogP contribution is -2.56. The summed E-state index contributed by atoms with van der Waals surface area (Å²) in [4.78, 5) is 22.4. The highest BCUT2D eigenvalue weighted by molar-refractivity contribution is 5.87. The zero-order valence-electron chi connectivity index (χ0n) is 12.7. The van der Waals surface area contributed by atoms with Gasteiger partial charge in [0.25, 0.3) is 0 Å². The number of hydrogen-bond donors (Lipinski definition) is 3. The first-order valence-electron chi connectivity index (χ1n) is 7.01. The standard InChI is InChI=1S/C14H24N2O4.ClH/c1-4-10(5-2)20-12-7-9(14(18)19)6-11(13(12)15)16-8(3)17;/h6,10-13H,4-5,7,15H2,1-3H3,(H,16,17)(H,18,19);1H/t11-,12+,13+;/m0./s1. The number of carboxylic acid groups (broad SMARTS) is 1. The Morgan fingerprint density at radius 3 is 2.48 bits per heavy atom. The van der Waals surface area contributed by atoms with Gasteiger partial charge in [0.15, 0.2) is 0 Å². The smallest absolute Gasteiger partial charge is 0.331 e. The Morgan fingerprint density at radius 1 is 1.48 bits per heavy atom. The lowest BCUT2D eigenvalue weighted by atomic mass is 9.88. The van der Waals surface area contributed by atoms with E-state index in [2.05, 4.69) is 5.32 Å². The number of carbonyl (C=O) groups excluding carboxylic acids is 1. The molecule has 1 amide bonds. The highest BCUT2D eigenvalue weighted by Crippen LogP contribution is 2.23. The van der Waals surface area contributed by atoms with Gasteiger partial charge in [0.1, 0.15) is 0 Å². The normalized spacial score (nSPS) is 25.0. The van der Waals surface area contributed by atoms with Gasteiger partial charge >= 0.3 is 5.97 Å². The number of amides is 1. The number of aliphatic carboxylic acids is 1. The summed E-state index contributed by atoms with van der Waals surface area (Å²) in [5, 5.41) is 11.8. The SMILES string of the molecule is CCC(CC)O[C@@H]1CC(C(=O)O)=C[C@H](NC(C)=O)[C@H]1N.Cl. The number of carbonyl (C=O) groups is 2. The van der Waals surface area contributed by atoms with Crippen LogP contribution in [0.1, 0.15) is 40.0 Å². The van der Waals surface area contributed by atoms with Crippen LogP contribution in [0.2, 0.25) is 0 Å². The largest absolute Gasteiger partial charge is 0.478 e. The van der Waals surface area contributed by atoms with Crippen molar-refractivity contribution in [3.8, 4) is 0 Å². The molecule has 0 bridgehead atoms. The van der Waals surface area contributed by atoms with E-state index in [9.17, 15) is 9.59 Å². The summed E-state index contributed by atoms with van der Waals surface area (Å²) in [6, 6.07) is -0.950. The average Bonchev–Trinajstić information content (AvgIpc) is 2.38. The molecule has 0 fully saturated rings. The van der Waals surface area contributed by atoms with Crippen molar-refractivity contribution in [2.75, 3.05) is 0 Å². The second kappa shape index (κ2) is 9.02. The summed E-state index contributed by atoms with van der Waals surface area (Å²) >= 11 is 0. The predicted octanol–water partition coefficient (Wildman–Crippen LogP) is 1.23. The minimum atomic E-state index is -0.995. The van der Waals surface area contributed by atoms with Gasteiger partial charge in [-0.2, -0.15) is 0 Å². The molecule has 1 aliphatic carbocycles. The molecule has 21 heavy (non-hydrogen) atoms. The number of halogens is 1. The maximum atomic E-state index is 11.2. The molecule has 0 heterocycles. The van der Waals surface area contributed by atoms with Crippen LogP contribution in [0.4, 0.5) is 0 Å². The first kappa shape index (κ1) is 19.9. The number of nitrogens with two attached hydrogens (primary N) is 1. The maximum absolute atomic E-state index is 11.2. The number of ether oxygens (including phenoxy) is 1. The lowest BCUT2D eigenvalue weighted by molar-refractivity contribution is -0.134. The molecule has 122 valence electrons. The zero-order chi connectivity index (χ0) is 15.3. The predicted molar refractivity (Wildman–Crippen MR) is 82.4 cm³/mol. The van der Waals surface area contributed by atoms with E-state index in [1.54, 1.807) is 0 Å². The van der Waals surface area contributed by atoms with Gasteiger partial charge in [0, 0.05) is 18.9 Å². The highest BCUT2D eigenvalue weighted by atomic mass is 35.5. The van der Waals surface area contributed by atoms with E-state index >= 15 is 0 Å². The zero-order valence-corrected chi connectivity index (χ0v) is 13.5. The molecule has 0 saturated carbocycles. The third-order valence-corrected chi connectivity index (χ3v) is 3.57. The molecule has 1 aliphatic rings. The molecule has 0 spiro atoms. The van der Waals surface area contributed by atoms with Gasteiger partial charge in [0.05, 0.1) is 24.3 Å². The van der Waals surface area contributed by atoms with Crippen LogP contribution in [0.5, 0.6) is 0 Å². The van der Waals surface area contributed by atoms with Crippen molar-refractivity contribution < 1.29 is 19.4 Å². The van der Waals surface area contributed by atoms with Crippen molar-refractivity contribution in [1.29, 1.82) is 0 Å². The summed E-state index contributed by atoms with van der Waals surface area (Å²) in [7, 11) is 0. The van der Waals surface area contributed by atoms with Crippen molar-refractivity contribution in [1.82, 2.24) is 5.32 Å². The average molecular weight is 321 g/mol. The van der Waals surface area contributed by atoms with Crippen molar-refractivity contribution in [2.24, 2.45) is 5.73 Å². The highest BCUT2D eigenvalue weighted by Gasteiger charge is 2.34. The first-order chi connectivity index (χ1) is 9.38. The van der Waals surface area contributed by atoms with Crippen LogP contribution in [0.25, 0.3) is 0 Å². The summed E-state index contributed by atoms with van der Waals surface area (Å²) in [5.41, 5.74) is 6.35. The van der Waals surface area contributed by atoms with Gasteiger partial charge in [-0.3, -0.25) is 4.79 Å². The van der Waals surface area contributed by atoms with Crippen molar-refractivity contribution in [3.05, 3.63) is 11.6 Å². The Hall–Kier alpha value is -1.11. The van der Waals surface area contributed by atoms with Crippen LogP contribution >= 0.6 is 12.4 Å². The molecule has 0 unspecified atom stereocenters. The number of nitrogens with one attached hydrogen (secondary N) is 1. The van der Waals surface area contributed by atoms with Crippen LogP contribution in [-0.2, 0) is 14.3 Å². The molecule has 0 aromatic rings. The van der Waals surface area contributed by atoms with Crippen molar-refractivity contribution in [3.63, 3.8) is 0 Å². The van der Waals surface area contributed by atoms with Crippen LogP contribution < -0.4 is 11.1 Å². The fraction of sp³-hybridized carbons (Fsp3) is 0.714. The van der Waals surface area contributed by atoms with Gasteiger partial charge in [-0.1, -0.05) is 19.9 Å². The molecule has 7 heteroatoms. The Kier molecular flexibility index (Phi) is 8.54. The minimum Gasteiger partial charge on any atom is -0.478 e. The number of rotatable bonds is 6. The number of hydrogen-bond acceptors (Lipinski definition) is 4. The molecule has 4 N–H and O–H groups in total.